The van der Waals surface area contributed by atoms with Crippen LogP contribution in [0.5, 0.6) is 0 Å². The number of benzene rings is 2. The fourth-order valence-electron chi connectivity index (χ4n) is 4.94. The fraction of sp³-hybridized carbons (Fsp3) is 0.462. The molecule has 2 aromatic carbocycles. The average molecular weight is 438 g/mol. The molecule has 4 rings (SSSR count). The Morgan fingerprint density at radius 3 is 2.41 bits per heavy atom. The SMILES string of the molecule is NC1CCC(N(Cc2cccc(NC(=O)C3CCCC3)c2)C(=O)c2cccc(F)c2)CC1. The Morgan fingerprint density at radius 2 is 1.69 bits per heavy atom. The van der Waals surface area contributed by atoms with Crippen molar-refractivity contribution in [2.75, 3.05) is 5.32 Å². The third-order valence-corrected chi connectivity index (χ3v) is 6.79. The lowest BCUT2D eigenvalue weighted by Crippen LogP contribution is -2.43. The molecule has 2 aromatic rings. The molecule has 0 atom stereocenters. The maximum absolute atomic E-state index is 13.8. The monoisotopic (exact) mass is 437 g/mol. The maximum atomic E-state index is 13.8. The predicted octanol–water partition coefficient (Wildman–Crippen LogP) is 4.87. The first-order valence-corrected chi connectivity index (χ1v) is 11.7. The zero-order chi connectivity index (χ0) is 22.5. The number of amides is 2. The van der Waals surface area contributed by atoms with Gasteiger partial charge in [0.25, 0.3) is 5.91 Å². The molecule has 170 valence electrons. The summed E-state index contributed by atoms with van der Waals surface area (Å²) in [7, 11) is 0. The Kier molecular flexibility index (Phi) is 7.20. The second kappa shape index (κ2) is 10.3. The topological polar surface area (TPSA) is 75.4 Å². The van der Waals surface area contributed by atoms with Crippen molar-refractivity contribution < 1.29 is 14.0 Å². The van der Waals surface area contributed by atoms with E-state index in [4.69, 9.17) is 5.73 Å². The summed E-state index contributed by atoms with van der Waals surface area (Å²) >= 11 is 0. The van der Waals surface area contributed by atoms with E-state index in [1.807, 2.05) is 29.2 Å². The van der Waals surface area contributed by atoms with Crippen molar-refractivity contribution in [1.29, 1.82) is 0 Å². The van der Waals surface area contributed by atoms with Gasteiger partial charge in [-0.25, -0.2) is 4.39 Å². The van der Waals surface area contributed by atoms with Crippen LogP contribution in [0.4, 0.5) is 10.1 Å². The highest BCUT2D eigenvalue weighted by atomic mass is 19.1. The van der Waals surface area contributed by atoms with Crippen LogP contribution in [0, 0.1) is 11.7 Å². The standard InChI is InChI=1S/C26H32FN3O2/c27-21-9-4-8-20(16-21)26(32)30(24-13-11-22(28)12-14-24)17-18-5-3-10-23(15-18)29-25(31)19-6-1-2-7-19/h3-5,8-10,15-16,19,22,24H,1-2,6-7,11-14,17,28H2,(H,29,31). The van der Waals surface area contributed by atoms with E-state index in [9.17, 15) is 14.0 Å². The summed E-state index contributed by atoms with van der Waals surface area (Å²) in [5, 5.41) is 3.04. The van der Waals surface area contributed by atoms with Gasteiger partial charge in [-0.2, -0.15) is 0 Å². The molecule has 0 radical (unpaired) electrons. The minimum absolute atomic E-state index is 0.0577. The lowest BCUT2D eigenvalue weighted by Gasteiger charge is -2.36. The molecule has 5 nitrogen and oxygen atoms in total. The number of hydrogen-bond donors (Lipinski definition) is 2. The van der Waals surface area contributed by atoms with Crippen molar-refractivity contribution >= 4 is 17.5 Å². The van der Waals surface area contributed by atoms with Crippen LogP contribution in [-0.4, -0.2) is 28.8 Å². The number of carbonyl (C=O) groups excluding carboxylic acids is 2. The van der Waals surface area contributed by atoms with Gasteiger partial charge in [-0.05, 0) is 74.4 Å². The van der Waals surface area contributed by atoms with Crippen LogP contribution < -0.4 is 11.1 Å². The smallest absolute Gasteiger partial charge is 0.254 e. The third kappa shape index (κ3) is 5.54. The van der Waals surface area contributed by atoms with Gasteiger partial charge in [0, 0.05) is 35.8 Å². The van der Waals surface area contributed by atoms with Crippen molar-refractivity contribution in [3.8, 4) is 0 Å². The Morgan fingerprint density at radius 1 is 0.969 bits per heavy atom. The number of rotatable bonds is 6. The van der Waals surface area contributed by atoms with Crippen LogP contribution in [0.1, 0.15) is 67.3 Å². The lowest BCUT2D eigenvalue weighted by molar-refractivity contribution is -0.119. The van der Waals surface area contributed by atoms with Crippen molar-refractivity contribution in [3.05, 3.63) is 65.5 Å². The molecule has 0 aromatic heterocycles. The van der Waals surface area contributed by atoms with E-state index < -0.39 is 5.82 Å². The summed E-state index contributed by atoms with van der Waals surface area (Å²) in [6, 6.07) is 13.8. The first kappa shape index (κ1) is 22.5. The summed E-state index contributed by atoms with van der Waals surface area (Å²) in [5.41, 5.74) is 8.13. The highest BCUT2D eigenvalue weighted by molar-refractivity contribution is 5.94. The molecular weight excluding hydrogens is 405 g/mol. The average Bonchev–Trinajstić information content (AvgIpc) is 3.33. The summed E-state index contributed by atoms with van der Waals surface area (Å²) in [6.45, 7) is 0.405. The third-order valence-electron chi connectivity index (χ3n) is 6.79. The second-order valence-corrected chi connectivity index (χ2v) is 9.18. The molecule has 2 amide bonds. The number of carbonyl (C=O) groups is 2. The molecule has 0 heterocycles. The highest BCUT2D eigenvalue weighted by Crippen LogP contribution is 2.28. The van der Waals surface area contributed by atoms with Crippen molar-refractivity contribution in [3.63, 3.8) is 0 Å². The van der Waals surface area contributed by atoms with Gasteiger partial charge in [-0.1, -0.05) is 31.0 Å². The summed E-state index contributed by atoms with van der Waals surface area (Å²) in [4.78, 5) is 27.8. The van der Waals surface area contributed by atoms with E-state index in [2.05, 4.69) is 5.32 Å². The predicted molar refractivity (Wildman–Crippen MR) is 124 cm³/mol. The zero-order valence-electron chi connectivity index (χ0n) is 18.4. The Bertz CT molecular complexity index is 950. The first-order chi connectivity index (χ1) is 15.5. The molecule has 32 heavy (non-hydrogen) atoms. The van der Waals surface area contributed by atoms with Gasteiger partial charge >= 0.3 is 0 Å². The van der Waals surface area contributed by atoms with Crippen LogP contribution >= 0.6 is 0 Å². The van der Waals surface area contributed by atoms with Gasteiger partial charge in [0.15, 0.2) is 0 Å². The van der Waals surface area contributed by atoms with Crippen LogP contribution in [-0.2, 0) is 11.3 Å². The van der Waals surface area contributed by atoms with Crippen molar-refractivity contribution in [2.45, 2.75) is 70.0 Å². The van der Waals surface area contributed by atoms with E-state index >= 15 is 0 Å². The van der Waals surface area contributed by atoms with Crippen LogP contribution in [0.25, 0.3) is 0 Å². The van der Waals surface area contributed by atoms with Crippen LogP contribution in [0.3, 0.4) is 0 Å². The molecule has 6 heteroatoms. The largest absolute Gasteiger partial charge is 0.331 e. The van der Waals surface area contributed by atoms with Crippen molar-refractivity contribution in [1.82, 2.24) is 4.90 Å². The molecule has 2 aliphatic carbocycles. The zero-order valence-corrected chi connectivity index (χ0v) is 18.4. The van der Waals surface area contributed by atoms with Gasteiger partial charge in [0.1, 0.15) is 5.82 Å². The number of hydrogen-bond acceptors (Lipinski definition) is 3. The maximum Gasteiger partial charge on any atom is 0.254 e. The van der Waals surface area contributed by atoms with Gasteiger partial charge < -0.3 is 16.0 Å². The summed E-state index contributed by atoms with van der Waals surface area (Å²) in [6.07, 6.45) is 7.53. The molecule has 2 saturated carbocycles. The molecule has 0 unspecified atom stereocenters. The normalized spacial score (nSPS) is 21.3. The molecule has 0 aliphatic heterocycles. The van der Waals surface area contributed by atoms with Gasteiger partial charge in [0.05, 0.1) is 0 Å². The molecular formula is C26H32FN3O2. The highest BCUT2D eigenvalue weighted by Gasteiger charge is 2.29. The molecule has 2 fully saturated rings. The Balaban J connectivity index is 1.52. The van der Waals surface area contributed by atoms with E-state index in [-0.39, 0.29) is 29.8 Å². The van der Waals surface area contributed by atoms with Crippen molar-refractivity contribution in [2.24, 2.45) is 11.7 Å². The molecule has 0 bridgehead atoms. The Labute approximate surface area is 189 Å². The van der Waals surface area contributed by atoms with Gasteiger partial charge in [-0.3, -0.25) is 9.59 Å². The molecule has 0 spiro atoms. The van der Waals surface area contributed by atoms with Crippen LogP contribution in [0.2, 0.25) is 0 Å². The number of anilines is 1. The minimum Gasteiger partial charge on any atom is -0.331 e. The van der Waals surface area contributed by atoms with Gasteiger partial charge in [0.2, 0.25) is 5.91 Å². The number of nitrogens with one attached hydrogen (secondary N) is 1. The van der Waals surface area contributed by atoms with Gasteiger partial charge in [-0.15, -0.1) is 0 Å². The molecule has 3 N–H and O–H groups in total. The second-order valence-electron chi connectivity index (χ2n) is 9.18. The molecule has 0 saturated heterocycles. The van der Waals surface area contributed by atoms with E-state index in [0.717, 1.165) is 62.6 Å². The van der Waals surface area contributed by atoms with E-state index in [0.29, 0.717) is 12.1 Å². The quantitative estimate of drug-likeness (QED) is 0.677. The lowest BCUT2D eigenvalue weighted by atomic mass is 9.90. The Hall–Kier alpha value is -2.73. The number of nitrogens with zero attached hydrogens (tertiary/aromatic N) is 1. The van der Waals surface area contributed by atoms with E-state index in [1.165, 1.54) is 12.1 Å². The first-order valence-electron chi connectivity index (χ1n) is 11.7. The fourth-order valence-corrected chi connectivity index (χ4v) is 4.94. The number of halogens is 1. The van der Waals surface area contributed by atoms with E-state index in [1.54, 1.807) is 12.1 Å². The summed E-state index contributed by atoms with van der Waals surface area (Å²) < 4.78 is 13.8. The number of nitrogens with two attached hydrogens (primary N) is 1. The van der Waals surface area contributed by atoms with Crippen LogP contribution in [0.15, 0.2) is 48.5 Å². The summed E-state index contributed by atoms with van der Waals surface area (Å²) in [5.74, 6) is -0.423. The minimum atomic E-state index is -0.418. The molecule has 2 aliphatic rings.